The number of nitrogens with one attached hydrogen (secondary N) is 1. The van der Waals surface area contributed by atoms with E-state index in [1.807, 2.05) is 7.05 Å². The van der Waals surface area contributed by atoms with Crippen molar-refractivity contribution in [2.45, 2.75) is 50.7 Å². The van der Waals surface area contributed by atoms with Crippen molar-refractivity contribution in [2.24, 2.45) is 5.41 Å². The lowest BCUT2D eigenvalue weighted by Gasteiger charge is -2.34. The number of hydrogen-bond donors (Lipinski definition) is 2. The molecule has 2 rings (SSSR count). The molecule has 2 saturated carbocycles. The Morgan fingerprint density at radius 3 is 2.50 bits per heavy atom. The van der Waals surface area contributed by atoms with Crippen LogP contribution in [0.4, 0.5) is 0 Å². The quantitative estimate of drug-likeness (QED) is 0.620. The molecule has 1 spiro atoms. The van der Waals surface area contributed by atoms with Crippen LogP contribution in [0.2, 0.25) is 0 Å². The van der Waals surface area contributed by atoms with Crippen LogP contribution in [-0.4, -0.2) is 24.3 Å². The fourth-order valence-corrected chi connectivity index (χ4v) is 3.31. The van der Waals surface area contributed by atoms with Gasteiger partial charge in [0, 0.05) is 11.5 Å². The molecule has 0 bridgehead atoms. The normalized spacial score (nSPS) is 47.5. The van der Waals surface area contributed by atoms with E-state index in [0.29, 0.717) is 6.04 Å². The van der Waals surface area contributed by atoms with Gasteiger partial charge in [-0.15, -0.1) is 0 Å². The largest absolute Gasteiger partial charge is 0.392 e. The van der Waals surface area contributed by atoms with E-state index in [0.717, 1.165) is 6.42 Å². The number of aliphatic hydroxyl groups is 1. The maximum absolute atomic E-state index is 9.94. The van der Waals surface area contributed by atoms with Crippen molar-refractivity contribution >= 4 is 0 Å². The summed E-state index contributed by atoms with van der Waals surface area (Å²) in [6, 6.07) is 0.579. The minimum atomic E-state index is -0.0301. The Kier molecular flexibility index (Phi) is 2.13. The van der Waals surface area contributed by atoms with Crippen LogP contribution in [0.3, 0.4) is 0 Å². The summed E-state index contributed by atoms with van der Waals surface area (Å²) < 4.78 is 0. The van der Waals surface area contributed by atoms with Crippen LogP contribution in [0, 0.1) is 5.41 Å². The highest BCUT2D eigenvalue weighted by atomic mass is 16.3. The third-order valence-corrected chi connectivity index (χ3v) is 3.96. The Morgan fingerprint density at radius 1 is 1.25 bits per heavy atom. The lowest BCUT2D eigenvalue weighted by molar-refractivity contribution is 0.0387. The van der Waals surface area contributed by atoms with Crippen LogP contribution in [0.15, 0.2) is 0 Å². The summed E-state index contributed by atoms with van der Waals surface area (Å²) in [4.78, 5) is 0. The molecule has 2 aliphatic carbocycles. The molecule has 2 fully saturated rings. The molecule has 0 unspecified atom stereocenters. The van der Waals surface area contributed by atoms with E-state index in [1.165, 1.54) is 32.1 Å². The van der Waals surface area contributed by atoms with E-state index in [9.17, 15) is 5.11 Å². The maximum Gasteiger partial charge on any atom is 0.0611 e. The van der Waals surface area contributed by atoms with Crippen LogP contribution in [-0.2, 0) is 0 Å². The van der Waals surface area contributed by atoms with Gasteiger partial charge in [0.05, 0.1) is 6.10 Å². The minimum Gasteiger partial charge on any atom is -0.392 e. The Hall–Kier alpha value is -0.0800. The first-order chi connectivity index (χ1) is 5.79. The predicted molar refractivity (Wildman–Crippen MR) is 49.0 cm³/mol. The standard InChI is InChI=1S/C10H19NO/c1-11-8-4-2-6-10(8)7-3-5-9(10)12/h8-9,11-12H,2-7H2,1H3/t8-,9-,10-/m1/s1. The minimum absolute atomic E-state index is 0.0301. The second-order valence-electron chi connectivity index (χ2n) is 4.37. The van der Waals surface area contributed by atoms with E-state index in [2.05, 4.69) is 5.32 Å². The molecule has 12 heavy (non-hydrogen) atoms. The van der Waals surface area contributed by atoms with Gasteiger partial charge in [0.25, 0.3) is 0 Å². The van der Waals surface area contributed by atoms with Crippen molar-refractivity contribution in [1.29, 1.82) is 0 Å². The van der Waals surface area contributed by atoms with E-state index in [-0.39, 0.29) is 11.5 Å². The molecule has 2 nitrogen and oxygen atoms in total. The van der Waals surface area contributed by atoms with Gasteiger partial charge in [-0.3, -0.25) is 0 Å². The summed E-state index contributed by atoms with van der Waals surface area (Å²) in [5.41, 5.74) is 0.259. The van der Waals surface area contributed by atoms with Crippen molar-refractivity contribution in [2.75, 3.05) is 7.05 Å². The van der Waals surface area contributed by atoms with Gasteiger partial charge < -0.3 is 10.4 Å². The molecule has 0 radical (unpaired) electrons. The molecule has 0 aromatic heterocycles. The Labute approximate surface area is 74.4 Å². The molecule has 2 N–H and O–H groups in total. The average Bonchev–Trinajstić information content (AvgIpc) is 2.62. The number of hydrogen-bond acceptors (Lipinski definition) is 2. The van der Waals surface area contributed by atoms with Gasteiger partial charge in [0.1, 0.15) is 0 Å². The van der Waals surface area contributed by atoms with Crippen molar-refractivity contribution in [1.82, 2.24) is 5.32 Å². The van der Waals surface area contributed by atoms with Gasteiger partial charge >= 0.3 is 0 Å². The molecule has 2 aliphatic rings. The molecule has 70 valence electrons. The number of aliphatic hydroxyl groups excluding tert-OH is 1. The highest BCUT2D eigenvalue weighted by Crippen LogP contribution is 2.50. The van der Waals surface area contributed by atoms with E-state index < -0.39 is 0 Å². The SMILES string of the molecule is CN[C@@H]1CCC[C@@]12CCC[C@H]2O. The zero-order chi connectivity index (χ0) is 8.60. The van der Waals surface area contributed by atoms with Gasteiger partial charge in [0.2, 0.25) is 0 Å². The zero-order valence-corrected chi connectivity index (χ0v) is 7.84. The monoisotopic (exact) mass is 169 g/mol. The summed E-state index contributed by atoms with van der Waals surface area (Å²) in [5.74, 6) is 0. The first-order valence-corrected chi connectivity index (χ1v) is 5.15. The zero-order valence-electron chi connectivity index (χ0n) is 7.84. The van der Waals surface area contributed by atoms with E-state index in [1.54, 1.807) is 0 Å². The van der Waals surface area contributed by atoms with Crippen molar-refractivity contribution in [3.8, 4) is 0 Å². The van der Waals surface area contributed by atoms with Gasteiger partial charge in [-0.05, 0) is 32.7 Å². The summed E-state index contributed by atoms with van der Waals surface area (Å²) in [6.07, 6.45) is 7.24. The smallest absolute Gasteiger partial charge is 0.0611 e. The highest BCUT2D eigenvalue weighted by molar-refractivity contribution is 5.03. The second kappa shape index (κ2) is 3.00. The first kappa shape index (κ1) is 8.52. The van der Waals surface area contributed by atoms with Gasteiger partial charge in [-0.25, -0.2) is 0 Å². The third-order valence-electron chi connectivity index (χ3n) is 3.96. The molecular weight excluding hydrogens is 150 g/mol. The van der Waals surface area contributed by atoms with Gasteiger partial charge in [-0.1, -0.05) is 12.8 Å². The molecule has 0 heterocycles. The van der Waals surface area contributed by atoms with Crippen LogP contribution in [0.5, 0.6) is 0 Å². The van der Waals surface area contributed by atoms with Gasteiger partial charge in [-0.2, -0.15) is 0 Å². The fourth-order valence-electron chi connectivity index (χ4n) is 3.31. The molecule has 0 aromatic rings. The fraction of sp³-hybridized carbons (Fsp3) is 1.00. The molecule has 3 atom stereocenters. The van der Waals surface area contributed by atoms with Crippen LogP contribution in [0.25, 0.3) is 0 Å². The third kappa shape index (κ3) is 1.01. The summed E-state index contributed by atoms with van der Waals surface area (Å²) in [6.45, 7) is 0. The molecular formula is C10H19NO. The van der Waals surface area contributed by atoms with Crippen LogP contribution < -0.4 is 5.32 Å². The van der Waals surface area contributed by atoms with Crippen LogP contribution in [0.1, 0.15) is 38.5 Å². The average molecular weight is 169 g/mol. The summed E-state index contributed by atoms with van der Waals surface area (Å²) in [5, 5.41) is 13.3. The second-order valence-corrected chi connectivity index (χ2v) is 4.37. The molecule has 0 amide bonds. The molecule has 0 aliphatic heterocycles. The van der Waals surface area contributed by atoms with Crippen LogP contribution >= 0.6 is 0 Å². The van der Waals surface area contributed by atoms with Gasteiger partial charge in [0.15, 0.2) is 0 Å². The Balaban J connectivity index is 2.17. The number of rotatable bonds is 1. The molecule has 2 heteroatoms. The lowest BCUT2D eigenvalue weighted by Crippen LogP contribution is -2.44. The van der Waals surface area contributed by atoms with E-state index in [4.69, 9.17) is 0 Å². The topological polar surface area (TPSA) is 32.3 Å². The Bertz CT molecular complexity index is 167. The highest BCUT2D eigenvalue weighted by Gasteiger charge is 2.49. The van der Waals surface area contributed by atoms with E-state index >= 15 is 0 Å². The molecule has 0 aromatic carbocycles. The van der Waals surface area contributed by atoms with Crippen molar-refractivity contribution in [3.63, 3.8) is 0 Å². The maximum atomic E-state index is 9.94. The Morgan fingerprint density at radius 2 is 1.92 bits per heavy atom. The summed E-state index contributed by atoms with van der Waals surface area (Å²) >= 11 is 0. The lowest BCUT2D eigenvalue weighted by atomic mass is 9.79. The predicted octanol–water partition coefficient (Wildman–Crippen LogP) is 1.29. The van der Waals surface area contributed by atoms with Crippen molar-refractivity contribution in [3.05, 3.63) is 0 Å². The first-order valence-electron chi connectivity index (χ1n) is 5.15. The van der Waals surface area contributed by atoms with Crippen molar-refractivity contribution < 1.29 is 5.11 Å². The summed E-state index contributed by atoms with van der Waals surface area (Å²) in [7, 11) is 2.03. The molecule has 0 saturated heterocycles.